The van der Waals surface area contributed by atoms with E-state index in [4.69, 9.17) is 9.73 Å². The zero-order valence-corrected chi connectivity index (χ0v) is 18.2. The number of guanidine groups is 1. The molecule has 2 rings (SSSR count). The standard InChI is InChI=1S/C19H31FN4O.HI/c1-3-21-19(22-11-10-16-6-8-17(20)9-7-16)23-15-18-5-4-12-24(18)13-14-25-2;/h6-9,18H,3-5,10-15H2,1-2H3,(H2,21,22,23);1H. The van der Waals surface area contributed by atoms with Gasteiger partial charge in [0.2, 0.25) is 0 Å². The maximum absolute atomic E-state index is 12.9. The predicted octanol–water partition coefficient (Wildman–Crippen LogP) is 2.65. The Bertz CT molecular complexity index is 527. The molecule has 0 amide bonds. The van der Waals surface area contributed by atoms with E-state index in [1.807, 2.05) is 12.1 Å². The van der Waals surface area contributed by atoms with Crippen LogP contribution in [0.5, 0.6) is 0 Å². The van der Waals surface area contributed by atoms with E-state index >= 15 is 0 Å². The van der Waals surface area contributed by atoms with Gasteiger partial charge in [0.05, 0.1) is 13.2 Å². The highest BCUT2D eigenvalue weighted by Gasteiger charge is 2.23. The average Bonchev–Trinajstić information content (AvgIpc) is 3.07. The number of ether oxygens (including phenoxy) is 1. The minimum Gasteiger partial charge on any atom is -0.383 e. The Morgan fingerprint density at radius 3 is 2.77 bits per heavy atom. The van der Waals surface area contributed by atoms with Gasteiger partial charge in [-0.2, -0.15) is 0 Å². The van der Waals surface area contributed by atoms with Crippen LogP contribution in [0.2, 0.25) is 0 Å². The van der Waals surface area contributed by atoms with Crippen LogP contribution in [-0.2, 0) is 11.2 Å². The third-order valence-corrected chi connectivity index (χ3v) is 4.51. The van der Waals surface area contributed by atoms with E-state index in [9.17, 15) is 4.39 Å². The lowest BCUT2D eigenvalue weighted by atomic mass is 10.1. The first-order valence-corrected chi connectivity index (χ1v) is 9.22. The van der Waals surface area contributed by atoms with E-state index in [2.05, 4.69) is 22.5 Å². The van der Waals surface area contributed by atoms with Crippen LogP contribution in [0.25, 0.3) is 0 Å². The number of hydrogen-bond acceptors (Lipinski definition) is 3. The lowest BCUT2D eigenvalue weighted by Crippen LogP contribution is -2.40. The van der Waals surface area contributed by atoms with Gasteiger partial charge in [-0.05, 0) is 50.4 Å². The molecular formula is C19H32FIN4O. The highest BCUT2D eigenvalue weighted by atomic mass is 127. The molecule has 1 aliphatic heterocycles. The maximum atomic E-state index is 12.9. The van der Waals surface area contributed by atoms with Crippen molar-refractivity contribution in [3.8, 4) is 0 Å². The van der Waals surface area contributed by atoms with Crippen molar-refractivity contribution >= 4 is 29.9 Å². The maximum Gasteiger partial charge on any atom is 0.191 e. The summed E-state index contributed by atoms with van der Waals surface area (Å²) in [5, 5.41) is 6.66. The van der Waals surface area contributed by atoms with Crippen molar-refractivity contribution in [2.24, 2.45) is 4.99 Å². The highest BCUT2D eigenvalue weighted by molar-refractivity contribution is 14.0. The van der Waals surface area contributed by atoms with E-state index in [1.165, 1.54) is 25.0 Å². The first-order valence-electron chi connectivity index (χ1n) is 9.22. The third-order valence-electron chi connectivity index (χ3n) is 4.51. The molecule has 7 heteroatoms. The van der Waals surface area contributed by atoms with Gasteiger partial charge in [0.1, 0.15) is 5.82 Å². The highest BCUT2D eigenvalue weighted by Crippen LogP contribution is 2.16. The number of halogens is 2. The molecule has 0 saturated carbocycles. The van der Waals surface area contributed by atoms with Crippen molar-refractivity contribution in [2.75, 3.05) is 46.4 Å². The normalized spacial score (nSPS) is 17.8. The minimum absolute atomic E-state index is 0. The average molecular weight is 478 g/mol. The number of methoxy groups -OCH3 is 1. The monoisotopic (exact) mass is 478 g/mol. The van der Waals surface area contributed by atoms with Crippen molar-refractivity contribution in [1.29, 1.82) is 0 Å². The first kappa shape index (κ1) is 23.1. The van der Waals surface area contributed by atoms with E-state index < -0.39 is 0 Å². The second kappa shape index (κ2) is 13.3. The summed E-state index contributed by atoms with van der Waals surface area (Å²) < 4.78 is 18.1. The van der Waals surface area contributed by atoms with Crippen molar-refractivity contribution < 1.29 is 9.13 Å². The molecule has 148 valence electrons. The minimum atomic E-state index is -0.193. The number of rotatable bonds is 9. The van der Waals surface area contributed by atoms with Gasteiger partial charge in [-0.25, -0.2) is 4.39 Å². The second-order valence-corrected chi connectivity index (χ2v) is 6.35. The lowest BCUT2D eigenvalue weighted by Gasteiger charge is -2.23. The number of nitrogens with one attached hydrogen (secondary N) is 2. The van der Waals surface area contributed by atoms with Crippen molar-refractivity contribution in [2.45, 2.75) is 32.2 Å². The Morgan fingerprint density at radius 2 is 2.08 bits per heavy atom. The molecular weight excluding hydrogens is 446 g/mol. The molecule has 1 aromatic carbocycles. The third kappa shape index (κ3) is 8.18. The summed E-state index contributed by atoms with van der Waals surface area (Å²) in [6, 6.07) is 7.16. The van der Waals surface area contributed by atoms with E-state index in [-0.39, 0.29) is 29.8 Å². The predicted molar refractivity (Wildman–Crippen MR) is 116 cm³/mol. The number of likely N-dealkylation sites (tertiary alicyclic amines) is 1. The van der Waals surface area contributed by atoms with Gasteiger partial charge in [0.15, 0.2) is 5.96 Å². The molecule has 1 atom stereocenters. The smallest absolute Gasteiger partial charge is 0.191 e. The molecule has 0 spiro atoms. The second-order valence-electron chi connectivity index (χ2n) is 6.35. The number of hydrogen-bond donors (Lipinski definition) is 2. The zero-order chi connectivity index (χ0) is 17.9. The molecule has 1 aromatic rings. The molecule has 0 radical (unpaired) electrons. The summed E-state index contributed by atoms with van der Waals surface area (Å²) in [5.74, 6) is 0.657. The molecule has 0 aromatic heterocycles. The molecule has 0 aliphatic carbocycles. The molecule has 1 aliphatic rings. The Kier molecular flexibility index (Phi) is 11.8. The number of aliphatic imine (C=N–C) groups is 1. The molecule has 1 unspecified atom stereocenters. The largest absolute Gasteiger partial charge is 0.383 e. The Labute approximate surface area is 173 Å². The van der Waals surface area contributed by atoms with E-state index in [0.717, 1.165) is 57.3 Å². The zero-order valence-electron chi connectivity index (χ0n) is 15.8. The molecule has 1 fully saturated rings. The Balaban J connectivity index is 0.00000338. The summed E-state index contributed by atoms with van der Waals surface area (Å²) >= 11 is 0. The summed E-state index contributed by atoms with van der Waals surface area (Å²) in [5.41, 5.74) is 1.12. The van der Waals surface area contributed by atoms with Crippen LogP contribution >= 0.6 is 24.0 Å². The molecule has 0 bridgehead atoms. The Hall–Kier alpha value is -0.930. The van der Waals surface area contributed by atoms with Gasteiger partial charge in [-0.15, -0.1) is 24.0 Å². The van der Waals surface area contributed by atoms with E-state index in [0.29, 0.717) is 6.04 Å². The van der Waals surface area contributed by atoms with Crippen LogP contribution in [0.1, 0.15) is 25.3 Å². The van der Waals surface area contributed by atoms with Crippen molar-refractivity contribution in [3.63, 3.8) is 0 Å². The lowest BCUT2D eigenvalue weighted by molar-refractivity contribution is 0.142. The number of nitrogens with zero attached hydrogens (tertiary/aromatic N) is 2. The van der Waals surface area contributed by atoms with Gasteiger partial charge in [0.25, 0.3) is 0 Å². The van der Waals surface area contributed by atoms with Gasteiger partial charge in [-0.3, -0.25) is 9.89 Å². The SMILES string of the molecule is CCNC(=NCC1CCCN1CCOC)NCCc1ccc(F)cc1.I. The van der Waals surface area contributed by atoms with Crippen molar-refractivity contribution in [3.05, 3.63) is 35.6 Å². The molecule has 2 N–H and O–H groups in total. The van der Waals surface area contributed by atoms with Crippen LogP contribution in [-0.4, -0.2) is 63.3 Å². The van der Waals surface area contributed by atoms with Gasteiger partial charge in [-0.1, -0.05) is 12.1 Å². The summed E-state index contributed by atoms with van der Waals surface area (Å²) in [6.45, 7) is 7.36. The van der Waals surface area contributed by atoms with Gasteiger partial charge in [0, 0.05) is 32.8 Å². The quantitative estimate of drug-likeness (QED) is 0.326. The number of benzene rings is 1. The summed E-state index contributed by atoms with van der Waals surface area (Å²) in [4.78, 5) is 7.22. The molecule has 1 heterocycles. The topological polar surface area (TPSA) is 48.9 Å². The molecule has 5 nitrogen and oxygen atoms in total. The van der Waals surface area contributed by atoms with Crippen LogP contribution < -0.4 is 10.6 Å². The van der Waals surface area contributed by atoms with Crippen LogP contribution in [0, 0.1) is 5.82 Å². The summed E-state index contributed by atoms with van der Waals surface area (Å²) in [7, 11) is 1.75. The van der Waals surface area contributed by atoms with Gasteiger partial charge < -0.3 is 15.4 Å². The van der Waals surface area contributed by atoms with Crippen molar-refractivity contribution in [1.82, 2.24) is 15.5 Å². The fourth-order valence-electron chi connectivity index (χ4n) is 3.12. The summed E-state index contributed by atoms with van der Waals surface area (Å²) in [6.07, 6.45) is 3.27. The molecule has 26 heavy (non-hydrogen) atoms. The fraction of sp³-hybridized carbons (Fsp3) is 0.632. The van der Waals surface area contributed by atoms with E-state index in [1.54, 1.807) is 7.11 Å². The molecule has 1 saturated heterocycles. The first-order chi connectivity index (χ1) is 12.2. The van der Waals surface area contributed by atoms with Crippen LogP contribution in [0.4, 0.5) is 4.39 Å². The fourth-order valence-corrected chi connectivity index (χ4v) is 3.12. The Morgan fingerprint density at radius 1 is 1.31 bits per heavy atom. The van der Waals surface area contributed by atoms with Crippen LogP contribution in [0.3, 0.4) is 0 Å². The van der Waals surface area contributed by atoms with Gasteiger partial charge >= 0.3 is 0 Å². The van der Waals surface area contributed by atoms with Crippen LogP contribution in [0.15, 0.2) is 29.3 Å².